The van der Waals surface area contributed by atoms with Gasteiger partial charge < -0.3 is 4.79 Å². The average Bonchev–Trinajstić information content (AvgIpc) is 1.61. The summed E-state index contributed by atoms with van der Waals surface area (Å²) >= 11 is 10.5. The molecule has 0 aliphatic rings. The molecule has 1 nitrogen and oxygen atoms in total. The Morgan fingerprint density at radius 3 is 2.12 bits per heavy atom. The zero-order valence-electron chi connectivity index (χ0n) is 4.23. The van der Waals surface area contributed by atoms with Crippen molar-refractivity contribution in [3.05, 3.63) is 0 Å². The molecule has 0 radical (unpaired) electrons. The minimum absolute atomic E-state index is 0. The molecule has 0 spiro atoms. The molecular weight excluding hydrogens is 183 g/mol. The smallest absolute Gasteiger partial charge is 0.120 e. The molecule has 0 N–H and O–H groups in total. The van der Waals surface area contributed by atoms with Crippen LogP contribution in [-0.4, -0.2) is 11.1 Å². The quantitative estimate of drug-likeness (QED) is 0.375. The van der Waals surface area contributed by atoms with Gasteiger partial charge in [-0.2, -0.15) is 0 Å². The Bertz CT molecular complexity index is 58.0. The van der Waals surface area contributed by atoms with E-state index in [9.17, 15) is 4.79 Å². The van der Waals surface area contributed by atoms with Crippen LogP contribution in [0.15, 0.2) is 0 Å². The van der Waals surface area contributed by atoms with Crippen molar-refractivity contribution in [2.45, 2.75) is 17.7 Å². The molecule has 0 atom stereocenters. The van der Waals surface area contributed by atoms with Crippen LogP contribution in [0, 0.1) is 0 Å². The zero-order chi connectivity index (χ0) is 5.70. The Morgan fingerprint density at radius 1 is 1.50 bits per heavy atom. The molecule has 0 aromatic rings. The van der Waals surface area contributed by atoms with Gasteiger partial charge in [0.05, 0.1) is 0 Å². The van der Waals surface area contributed by atoms with Gasteiger partial charge in [-0.25, -0.2) is 0 Å². The first-order valence-corrected chi connectivity index (χ1v) is 2.86. The number of rotatable bonds is 3. The van der Waals surface area contributed by atoms with Gasteiger partial charge in [0.1, 0.15) is 11.1 Å². The normalized spacial score (nSPS) is 8.38. The number of carbonyl (C=O) groups is 1. The number of carbonyl (C=O) groups excluding carboxylic acids is 1. The van der Waals surface area contributed by atoms with Crippen LogP contribution in [0.1, 0.15) is 12.8 Å². The summed E-state index contributed by atoms with van der Waals surface area (Å²) in [5, 5.41) is 0. The van der Waals surface area contributed by atoms with E-state index in [0.717, 1.165) is 6.29 Å². The standard InChI is InChI=1S/C4H6Cl2O.Ti/c5-4(6)2-1-3-7;/h3-4H,1-2H2;. The molecule has 0 aliphatic carbocycles. The van der Waals surface area contributed by atoms with Crippen molar-refractivity contribution in [1.29, 1.82) is 0 Å². The average molecular weight is 189 g/mol. The van der Waals surface area contributed by atoms with Crippen LogP contribution in [-0.2, 0) is 26.5 Å². The van der Waals surface area contributed by atoms with E-state index in [2.05, 4.69) is 0 Å². The summed E-state index contributed by atoms with van der Waals surface area (Å²) < 4.78 is 0. The Labute approximate surface area is 73.6 Å². The van der Waals surface area contributed by atoms with E-state index in [4.69, 9.17) is 23.2 Å². The van der Waals surface area contributed by atoms with Gasteiger partial charge in [-0.15, -0.1) is 23.2 Å². The monoisotopic (exact) mass is 188 g/mol. The van der Waals surface area contributed by atoms with Gasteiger partial charge in [-0.3, -0.25) is 0 Å². The minimum Gasteiger partial charge on any atom is -0.303 e. The molecule has 0 amide bonds. The van der Waals surface area contributed by atoms with Crippen LogP contribution < -0.4 is 0 Å². The molecule has 0 rings (SSSR count). The summed E-state index contributed by atoms with van der Waals surface area (Å²) in [6.07, 6.45) is 1.82. The number of hydrogen-bond donors (Lipinski definition) is 0. The van der Waals surface area contributed by atoms with Gasteiger partial charge in [-0.1, -0.05) is 0 Å². The van der Waals surface area contributed by atoms with Crippen molar-refractivity contribution in [1.82, 2.24) is 0 Å². The second-order valence-corrected chi connectivity index (χ2v) is 2.41. The summed E-state index contributed by atoms with van der Waals surface area (Å²) in [4.78, 5) is 9.21. The fourth-order valence-electron chi connectivity index (χ4n) is 0.194. The Hall–Kier alpha value is 0.964. The van der Waals surface area contributed by atoms with Gasteiger partial charge in [0.25, 0.3) is 0 Å². The van der Waals surface area contributed by atoms with Gasteiger partial charge in [-0.05, 0) is 6.42 Å². The van der Waals surface area contributed by atoms with Crippen molar-refractivity contribution in [2.75, 3.05) is 0 Å². The fourth-order valence-corrected chi connectivity index (χ4v) is 0.446. The maximum absolute atomic E-state index is 9.59. The van der Waals surface area contributed by atoms with E-state index in [1.165, 1.54) is 0 Å². The first-order valence-electron chi connectivity index (χ1n) is 1.99. The van der Waals surface area contributed by atoms with Gasteiger partial charge in [0.15, 0.2) is 0 Å². The second kappa shape index (κ2) is 7.96. The topological polar surface area (TPSA) is 17.1 Å². The molecule has 0 fully saturated rings. The zero-order valence-corrected chi connectivity index (χ0v) is 7.31. The first kappa shape index (κ1) is 11.7. The maximum atomic E-state index is 9.59. The summed E-state index contributed by atoms with van der Waals surface area (Å²) in [5.74, 6) is 0. The van der Waals surface area contributed by atoms with Crippen molar-refractivity contribution >= 4 is 29.5 Å². The van der Waals surface area contributed by atoms with E-state index < -0.39 is 0 Å². The largest absolute Gasteiger partial charge is 0.303 e. The van der Waals surface area contributed by atoms with E-state index >= 15 is 0 Å². The Balaban J connectivity index is 0. The second-order valence-electron chi connectivity index (χ2n) is 1.14. The predicted molar refractivity (Wildman–Crippen MR) is 30.8 cm³/mol. The van der Waals surface area contributed by atoms with Crippen molar-refractivity contribution in [3.8, 4) is 0 Å². The summed E-state index contributed by atoms with van der Waals surface area (Å²) in [6, 6.07) is 0. The van der Waals surface area contributed by atoms with E-state index in [0.29, 0.717) is 12.8 Å². The molecule has 8 heavy (non-hydrogen) atoms. The van der Waals surface area contributed by atoms with Crippen molar-refractivity contribution < 1.29 is 26.5 Å². The van der Waals surface area contributed by atoms with Gasteiger partial charge in [0.2, 0.25) is 0 Å². The Kier molecular flexibility index (Phi) is 11.7. The van der Waals surface area contributed by atoms with Crippen LogP contribution >= 0.6 is 23.2 Å². The molecule has 0 saturated heterocycles. The number of halogens is 2. The molecule has 4 heteroatoms. The third-order valence-electron chi connectivity index (χ3n) is 0.503. The third kappa shape index (κ3) is 10.1. The molecule has 0 bridgehead atoms. The van der Waals surface area contributed by atoms with E-state index in [1.807, 2.05) is 0 Å². The SMILES string of the molecule is O=CCCC(Cl)Cl.[Ti]. The molecule has 0 aliphatic heterocycles. The number of alkyl halides is 2. The minimum atomic E-state index is -0.384. The molecule has 0 saturated carbocycles. The number of aldehydes is 1. The third-order valence-corrected chi connectivity index (χ3v) is 0.939. The molecule has 0 heterocycles. The summed E-state index contributed by atoms with van der Waals surface area (Å²) in [5.41, 5.74) is 0. The van der Waals surface area contributed by atoms with Crippen molar-refractivity contribution in [2.24, 2.45) is 0 Å². The van der Waals surface area contributed by atoms with Gasteiger partial charge >= 0.3 is 0 Å². The van der Waals surface area contributed by atoms with Crippen LogP contribution in [0.2, 0.25) is 0 Å². The molecule has 0 unspecified atom stereocenters. The molecule has 46 valence electrons. The molecule has 0 aromatic carbocycles. The summed E-state index contributed by atoms with van der Waals surface area (Å²) in [6.45, 7) is 0. The van der Waals surface area contributed by atoms with Crippen LogP contribution in [0.25, 0.3) is 0 Å². The molecule has 0 aromatic heterocycles. The fraction of sp³-hybridized carbons (Fsp3) is 0.750. The Morgan fingerprint density at radius 2 is 2.00 bits per heavy atom. The maximum Gasteiger partial charge on any atom is 0.120 e. The van der Waals surface area contributed by atoms with Crippen LogP contribution in [0.4, 0.5) is 0 Å². The van der Waals surface area contributed by atoms with Crippen LogP contribution in [0.3, 0.4) is 0 Å². The number of hydrogen-bond acceptors (Lipinski definition) is 1. The van der Waals surface area contributed by atoms with E-state index in [-0.39, 0.29) is 26.6 Å². The predicted octanol–water partition coefficient (Wildman–Crippen LogP) is 1.77. The summed E-state index contributed by atoms with van der Waals surface area (Å²) in [7, 11) is 0. The first-order chi connectivity index (χ1) is 3.27. The van der Waals surface area contributed by atoms with Crippen LogP contribution in [0.5, 0.6) is 0 Å². The van der Waals surface area contributed by atoms with Crippen molar-refractivity contribution in [3.63, 3.8) is 0 Å². The molecular formula is C4H6Cl2OTi. The van der Waals surface area contributed by atoms with Gasteiger partial charge in [0, 0.05) is 28.1 Å². The van der Waals surface area contributed by atoms with E-state index in [1.54, 1.807) is 0 Å².